The number of methoxy groups -OCH3 is 1. The highest BCUT2D eigenvalue weighted by atomic mass is 19.1. The first kappa shape index (κ1) is 12.4. The smallest absolute Gasteiger partial charge is 0.337 e. The highest BCUT2D eigenvalue weighted by Gasteiger charge is 2.08. The SMILES string of the molecule is COC(=O)c1ccc2[nH]c(-c3ccc(F)cc3)cc2c1. The van der Waals surface area contributed by atoms with E-state index in [1.54, 1.807) is 24.3 Å². The van der Waals surface area contributed by atoms with Crippen LogP contribution in [0.2, 0.25) is 0 Å². The molecule has 0 unspecified atom stereocenters. The molecule has 0 spiro atoms. The van der Waals surface area contributed by atoms with Crippen molar-refractivity contribution in [2.24, 2.45) is 0 Å². The second-order valence-corrected chi connectivity index (χ2v) is 4.48. The molecule has 2 aromatic carbocycles. The standard InChI is InChI=1S/C16H12FNO2/c1-20-16(19)11-4-7-14-12(8-11)9-15(18-14)10-2-5-13(17)6-3-10/h2-9,18H,1H3. The summed E-state index contributed by atoms with van der Waals surface area (Å²) >= 11 is 0. The zero-order chi connectivity index (χ0) is 14.1. The van der Waals surface area contributed by atoms with Crippen LogP contribution in [-0.4, -0.2) is 18.1 Å². The van der Waals surface area contributed by atoms with Crippen LogP contribution in [-0.2, 0) is 4.74 Å². The molecule has 1 N–H and O–H groups in total. The third-order valence-electron chi connectivity index (χ3n) is 3.20. The summed E-state index contributed by atoms with van der Waals surface area (Å²) in [5.41, 5.74) is 3.19. The Morgan fingerprint density at radius 1 is 1.10 bits per heavy atom. The number of hydrogen-bond acceptors (Lipinski definition) is 2. The summed E-state index contributed by atoms with van der Waals surface area (Å²) in [5, 5.41) is 0.909. The van der Waals surface area contributed by atoms with Gasteiger partial charge in [0, 0.05) is 16.6 Å². The Morgan fingerprint density at radius 3 is 2.55 bits per heavy atom. The largest absolute Gasteiger partial charge is 0.465 e. The fourth-order valence-electron chi connectivity index (χ4n) is 2.16. The van der Waals surface area contributed by atoms with Crippen molar-refractivity contribution in [3.8, 4) is 11.3 Å². The Labute approximate surface area is 115 Å². The molecule has 0 aliphatic rings. The zero-order valence-electron chi connectivity index (χ0n) is 10.8. The van der Waals surface area contributed by atoms with Crippen molar-refractivity contribution >= 4 is 16.9 Å². The highest BCUT2D eigenvalue weighted by Crippen LogP contribution is 2.25. The summed E-state index contributed by atoms with van der Waals surface area (Å²) in [6.45, 7) is 0. The lowest BCUT2D eigenvalue weighted by atomic mass is 10.1. The second-order valence-electron chi connectivity index (χ2n) is 4.48. The monoisotopic (exact) mass is 269 g/mol. The number of nitrogens with one attached hydrogen (secondary N) is 1. The Balaban J connectivity index is 2.06. The molecule has 1 heterocycles. The van der Waals surface area contributed by atoms with E-state index in [0.29, 0.717) is 5.56 Å². The van der Waals surface area contributed by atoms with Crippen molar-refractivity contribution in [3.05, 3.63) is 59.9 Å². The van der Waals surface area contributed by atoms with Gasteiger partial charge in [0.1, 0.15) is 5.82 Å². The summed E-state index contributed by atoms with van der Waals surface area (Å²) in [7, 11) is 1.35. The molecule has 0 atom stereocenters. The number of halogens is 1. The molecular weight excluding hydrogens is 257 g/mol. The van der Waals surface area contributed by atoms with Crippen LogP contribution in [0.3, 0.4) is 0 Å². The topological polar surface area (TPSA) is 42.1 Å². The minimum Gasteiger partial charge on any atom is -0.465 e. The molecule has 0 aliphatic heterocycles. The average Bonchev–Trinajstić information content (AvgIpc) is 2.90. The minimum absolute atomic E-state index is 0.266. The average molecular weight is 269 g/mol. The number of fused-ring (bicyclic) bond motifs is 1. The van der Waals surface area contributed by atoms with Gasteiger partial charge in [-0.15, -0.1) is 0 Å². The van der Waals surface area contributed by atoms with Crippen LogP contribution < -0.4 is 0 Å². The maximum Gasteiger partial charge on any atom is 0.337 e. The van der Waals surface area contributed by atoms with Crippen LogP contribution in [0.4, 0.5) is 4.39 Å². The summed E-state index contributed by atoms with van der Waals surface area (Å²) in [6, 6.07) is 13.5. The van der Waals surface area contributed by atoms with Gasteiger partial charge in [-0.3, -0.25) is 0 Å². The third-order valence-corrected chi connectivity index (χ3v) is 3.20. The quantitative estimate of drug-likeness (QED) is 0.720. The van der Waals surface area contributed by atoms with Gasteiger partial charge in [0.2, 0.25) is 0 Å². The number of ether oxygens (including phenoxy) is 1. The Morgan fingerprint density at radius 2 is 1.85 bits per heavy atom. The fourth-order valence-corrected chi connectivity index (χ4v) is 2.16. The van der Waals surface area contributed by atoms with Crippen LogP contribution in [0.5, 0.6) is 0 Å². The molecule has 100 valence electrons. The van der Waals surface area contributed by atoms with Crippen molar-refractivity contribution in [2.75, 3.05) is 7.11 Å². The molecule has 3 nitrogen and oxygen atoms in total. The molecule has 0 bridgehead atoms. The van der Waals surface area contributed by atoms with Gasteiger partial charge in [-0.05, 0) is 54.1 Å². The van der Waals surface area contributed by atoms with Crippen molar-refractivity contribution < 1.29 is 13.9 Å². The van der Waals surface area contributed by atoms with E-state index in [1.807, 2.05) is 12.1 Å². The van der Waals surface area contributed by atoms with Gasteiger partial charge in [-0.25, -0.2) is 9.18 Å². The fraction of sp³-hybridized carbons (Fsp3) is 0.0625. The minimum atomic E-state index is -0.364. The van der Waals surface area contributed by atoms with E-state index < -0.39 is 0 Å². The van der Waals surface area contributed by atoms with Gasteiger partial charge >= 0.3 is 5.97 Å². The number of rotatable bonds is 2. The number of carbonyl (C=O) groups is 1. The summed E-state index contributed by atoms with van der Waals surface area (Å²) in [4.78, 5) is 14.7. The first-order chi connectivity index (χ1) is 9.67. The molecule has 3 rings (SSSR count). The maximum absolute atomic E-state index is 12.9. The number of benzene rings is 2. The van der Waals surface area contributed by atoms with Crippen molar-refractivity contribution in [2.45, 2.75) is 0 Å². The van der Waals surface area contributed by atoms with Crippen molar-refractivity contribution in [3.63, 3.8) is 0 Å². The third kappa shape index (κ3) is 2.16. The zero-order valence-corrected chi connectivity index (χ0v) is 10.8. The Hall–Kier alpha value is -2.62. The molecule has 1 aromatic heterocycles. The van der Waals surface area contributed by atoms with Gasteiger partial charge in [0.15, 0.2) is 0 Å². The Kier molecular flexibility index (Phi) is 2.99. The molecule has 4 heteroatoms. The predicted molar refractivity (Wildman–Crippen MR) is 75.0 cm³/mol. The van der Waals surface area contributed by atoms with E-state index in [0.717, 1.165) is 22.2 Å². The van der Waals surface area contributed by atoms with E-state index in [-0.39, 0.29) is 11.8 Å². The van der Waals surface area contributed by atoms with Crippen molar-refractivity contribution in [1.29, 1.82) is 0 Å². The normalized spacial score (nSPS) is 10.7. The number of H-pyrrole nitrogens is 1. The molecule has 0 fully saturated rings. The van der Waals surface area contributed by atoms with Gasteiger partial charge in [-0.2, -0.15) is 0 Å². The van der Waals surface area contributed by atoms with E-state index in [1.165, 1.54) is 19.2 Å². The molecule has 0 saturated heterocycles. The van der Waals surface area contributed by atoms with Crippen LogP contribution in [0, 0.1) is 5.82 Å². The predicted octanol–water partition coefficient (Wildman–Crippen LogP) is 3.76. The van der Waals surface area contributed by atoms with E-state index in [9.17, 15) is 9.18 Å². The van der Waals surface area contributed by atoms with Gasteiger partial charge < -0.3 is 9.72 Å². The number of esters is 1. The van der Waals surface area contributed by atoms with E-state index in [2.05, 4.69) is 4.98 Å². The van der Waals surface area contributed by atoms with Crippen LogP contribution in [0.15, 0.2) is 48.5 Å². The van der Waals surface area contributed by atoms with Gasteiger partial charge in [0.05, 0.1) is 12.7 Å². The molecule has 3 aromatic rings. The molecule has 0 radical (unpaired) electrons. The highest BCUT2D eigenvalue weighted by molar-refractivity contribution is 5.96. The Bertz CT molecular complexity index is 775. The maximum atomic E-state index is 12.9. The first-order valence-corrected chi connectivity index (χ1v) is 6.14. The van der Waals surface area contributed by atoms with Gasteiger partial charge in [-0.1, -0.05) is 0 Å². The molecule has 0 aliphatic carbocycles. The lowest BCUT2D eigenvalue weighted by Gasteiger charge is -1.98. The molecule has 0 amide bonds. The van der Waals surface area contributed by atoms with E-state index >= 15 is 0 Å². The van der Waals surface area contributed by atoms with Gasteiger partial charge in [0.25, 0.3) is 0 Å². The lowest BCUT2D eigenvalue weighted by Crippen LogP contribution is -2.00. The number of aromatic amines is 1. The summed E-state index contributed by atoms with van der Waals surface area (Å²) in [5.74, 6) is -0.630. The number of hydrogen-bond donors (Lipinski definition) is 1. The van der Waals surface area contributed by atoms with Crippen LogP contribution in [0.1, 0.15) is 10.4 Å². The second kappa shape index (κ2) is 4.81. The molecule has 20 heavy (non-hydrogen) atoms. The summed E-state index contributed by atoms with van der Waals surface area (Å²) in [6.07, 6.45) is 0. The van der Waals surface area contributed by atoms with Crippen LogP contribution >= 0.6 is 0 Å². The molecular formula is C16H12FNO2. The molecule has 0 saturated carbocycles. The van der Waals surface area contributed by atoms with Crippen LogP contribution in [0.25, 0.3) is 22.2 Å². The number of carbonyl (C=O) groups excluding carboxylic acids is 1. The number of aromatic nitrogens is 1. The first-order valence-electron chi connectivity index (χ1n) is 6.14. The lowest BCUT2D eigenvalue weighted by molar-refractivity contribution is 0.0601. The van der Waals surface area contributed by atoms with E-state index in [4.69, 9.17) is 4.74 Å². The van der Waals surface area contributed by atoms with Crippen molar-refractivity contribution in [1.82, 2.24) is 4.98 Å². The summed E-state index contributed by atoms with van der Waals surface area (Å²) < 4.78 is 17.6.